The average Bonchev–Trinajstić information content (AvgIpc) is 3.49. The van der Waals surface area contributed by atoms with Crippen molar-refractivity contribution in [3.63, 3.8) is 0 Å². The van der Waals surface area contributed by atoms with Crippen molar-refractivity contribution >= 4 is 35.8 Å². The molecule has 31 heavy (non-hydrogen) atoms. The second-order valence-corrected chi connectivity index (χ2v) is 7.54. The Morgan fingerprint density at radius 2 is 1.97 bits per heavy atom. The average molecular weight is 539 g/mol. The van der Waals surface area contributed by atoms with Crippen LogP contribution in [0.3, 0.4) is 0 Å². The molecule has 2 heterocycles. The Balaban J connectivity index is 0.00000341. The van der Waals surface area contributed by atoms with E-state index in [0.29, 0.717) is 25.2 Å². The maximum absolute atomic E-state index is 12.2. The highest BCUT2D eigenvalue weighted by Gasteiger charge is 2.25. The van der Waals surface area contributed by atoms with Crippen LogP contribution in [0.1, 0.15) is 53.9 Å². The number of carbonyl (C=O) groups is 1. The number of nitrogens with one attached hydrogen (secondary N) is 3. The van der Waals surface area contributed by atoms with E-state index in [9.17, 15) is 4.79 Å². The zero-order valence-corrected chi connectivity index (χ0v) is 20.7. The van der Waals surface area contributed by atoms with Crippen LogP contribution in [0.25, 0.3) is 0 Å². The molecule has 0 bridgehead atoms. The number of amides is 1. The number of nitrogens with zero attached hydrogens (tertiary/aromatic N) is 2. The Morgan fingerprint density at radius 3 is 2.65 bits per heavy atom. The van der Waals surface area contributed by atoms with Gasteiger partial charge in [0.25, 0.3) is 5.91 Å². The third kappa shape index (κ3) is 7.53. The summed E-state index contributed by atoms with van der Waals surface area (Å²) in [7, 11) is 1.77. The van der Waals surface area contributed by atoms with E-state index in [1.807, 2.05) is 43.3 Å². The number of hydrogen-bond acceptors (Lipinski definition) is 4. The van der Waals surface area contributed by atoms with E-state index in [1.165, 1.54) is 12.8 Å². The zero-order chi connectivity index (χ0) is 21.2. The van der Waals surface area contributed by atoms with Gasteiger partial charge in [0.15, 0.2) is 5.96 Å². The van der Waals surface area contributed by atoms with Gasteiger partial charge in [0.1, 0.15) is 5.76 Å². The van der Waals surface area contributed by atoms with Crippen LogP contribution >= 0.6 is 24.0 Å². The summed E-state index contributed by atoms with van der Waals surface area (Å²) in [6.07, 6.45) is 5.11. The van der Waals surface area contributed by atoms with Crippen molar-refractivity contribution in [2.45, 2.75) is 38.8 Å². The minimum absolute atomic E-state index is 0. The Labute approximate surface area is 202 Å². The van der Waals surface area contributed by atoms with Crippen molar-refractivity contribution in [1.82, 2.24) is 20.9 Å². The molecule has 1 amide bonds. The highest BCUT2D eigenvalue weighted by atomic mass is 127. The van der Waals surface area contributed by atoms with Crippen LogP contribution in [-0.4, -0.2) is 50.0 Å². The smallest absolute Gasteiger partial charge is 0.251 e. The molecule has 7 nitrogen and oxygen atoms in total. The van der Waals surface area contributed by atoms with Crippen LogP contribution in [0.5, 0.6) is 0 Å². The Hall–Kier alpha value is -2.07. The van der Waals surface area contributed by atoms with Gasteiger partial charge in [-0.3, -0.25) is 14.7 Å². The van der Waals surface area contributed by atoms with Gasteiger partial charge in [-0.15, -0.1) is 24.0 Å². The number of rotatable bonds is 9. The van der Waals surface area contributed by atoms with Crippen LogP contribution in [0, 0.1) is 0 Å². The molecular formula is C23H34IN5O2. The van der Waals surface area contributed by atoms with E-state index in [0.717, 1.165) is 36.8 Å². The molecule has 1 aromatic heterocycles. The van der Waals surface area contributed by atoms with Gasteiger partial charge in [-0.2, -0.15) is 0 Å². The van der Waals surface area contributed by atoms with Gasteiger partial charge >= 0.3 is 0 Å². The summed E-state index contributed by atoms with van der Waals surface area (Å²) >= 11 is 0. The number of benzene rings is 1. The maximum atomic E-state index is 12.2. The minimum Gasteiger partial charge on any atom is -0.468 e. The van der Waals surface area contributed by atoms with Crippen LogP contribution < -0.4 is 16.0 Å². The van der Waals surface area contributed by atoms with E-state index in [2.05, 4.69) is 25.8 Å². The molecule has 0 radical (unpaired) electrons. The fourth-order valence-electron chi connectivity index (χ4n) is 3.71. The molecule has 1 fully saturated rings. The van der Waals surface area contributed by atoms with E-state index in [-0.39, 0.29) is 35.9 Å². The van der Waals surface area contributed by atoms with Gasteiger partial charge < -0.3 is 20.4 Å². The summed E-state index contributed by atoms with van der Waals surface area (Å²) in [6.45, 7) is 6.21. The molecule has 1 saturated heterocycles. The molecule has 170 valence electrons. The number of halogens is 1. The lowest BCUT2D eigenvalue weighted by Crippen LogP contribution is -2.42. The first kappa shape index (κ1) is 25.2. The van der Waals surface area contributed by atoms with Crippen molar-refractivity contribution in [2.24, 2.45) is 4.99 Å². The fourth-order valence-corrected chi connectivity index (χ4v) is 3.71. The zero-order valence-electron chi connectivity index (χ0n) is 18.4. The topological polar surface area (TPSA) is 81.9 Å². The van der Waals surface area contributed by atoms with Gasteiger partial charge in [0.2, 0.25) is 0 Å². The SMILES string of the molecule is CCCNC(=O)c1cccc(CNC(=NC)NCC(c2ccco2)N2CCCC2)c1.I. The maximum Gasteiger partial charge on any atom is 0.251 e. The van der Waals surface area contributed by atoms with E-state index in [4.69, 9.17) is 4.42 Å². The van der Waals surface area contributed by atoms with Gasteiger partial charge in [-0.1, -0.05) is 19.1 Å². The quantitative estimate of drug-likeness (QED) is 0.258. The summed E-state index contributed by atoms with van der Waals surface area (Å²) < 4.78 is 5.69. The van der Waals surface area contributed by atoms with Crippen LogP contribution in [0.15, 0.2) is 52.1 Å². The molecule has 1 aliphatic rings. The van der Waals surface area contributed by atoms with Crippen molar-refractivity contribution in [2.75, 3.05) is 33.2 Å². The number of carbonyl (C=O) groups excluding carboxylic acids is 1. The van der Waals surface area contributed by atoms with Crippen LogP contribution in [0.2, 0.25) is 0 Å². The third-order valence-corrected chi connectivity index (χ3v) is 5.32. The first-order chi connectivity index (χ1) is 14.7. The summed E-state index contributed by atoms with van der Waals surface area (Å²) in [6, 6.07) is 11.8. The standard InChI is InChI=1S/C23H33N5O2.HI/c1-3-11-25-22(29)19-9-6-8-18(15-19)16-26-23(24-2)27-17-20(21-10-7-14-30-21)28-12-4-5-13-28;/h6-10,14-15,20H,3-5,11-13,16-17H2,1-2H3,(H,25,29)(H2,24,26,27);1H. The van der Waals surface area contributed by atoms with Gasteiger partial charge in [-0.25, -0.2) is 0 Å². The number of likely N-dealkylation sites (tertiary alicyclic amines) is 1. The summed E-state index contributed by atoms with van der Waals surface area (Å²) in [5, 5.41) is 9.69. The Kier molecular flexibility index (Phi) is 10.9. The molecule has 3 N–H and O–H groups in total. The minimum atomic E-state index is -0.0342. The molecule has 8 heteroatoms. The summed E-state index contributed by atoms with van der Waals surface area (Å²) in [4.78, 5) is 19.0. The van der Waals surface area contributed by atoms with Gasteiger partial charge in [0, 0.05) is 32.2 Å². The highest BCUT2D eigenvalue weighted by Crippen LogP contribution is 2.24. The second-order valence-electron chi connectivity index (χ2n) is 7.54. The van der Waals surface area contributed by atoms with Crippen molar-refractivity contribution < 1.29 is 9.21 Å². The number of aliphatic imine (C=N–C) groups is 1. The predicted octanol–water partition coefficient (Wildman–Crippen LogP) is 3.54. The second kappa shape index (κ2) is 13.4. The van der Waals surface area contributed by atoms with Crippen LogP contribution in [0.4, 0.5) is 0 Å². The fraction of sp³-hybridized carbons (Fsp3) is 0.478. The van der Waals surface area contributed by atoms with Crippen LogP contribution in [-0.2, 0) is 6.54 Å². The molecule has 1 unspecified atom stereocenters. The lowest BCUT2D eigenvalue weighted by molar-refractivity contribution is 0.0953. The molecule has 1 aromatic carbocycles. The third-order valence-electron chi connectivity index (χ3n) is 5.32. The lowest BCUT2D eigenvalue weighted by Gasteiger charge is -2.26. The van der Waals surface area contributed by atoms with Crippen molar-refractivity contribution in [3.8, 4) is 0 Å². The largest absolute Gasteiger partial charge is 0.468 e. The van der Waals surface area contributed by atoms with Gasteiger partial charge in [0.05, 0.1) is 12.3 Å². The lowest BCUT2D eigenvalue weighted by atomic mass is 10.1. The first-order valence-corrected chi connectivity index (χ1v) is 10.8. The van der Waals surface area contributed by atoms with Crippen molar-refractivity contribution in [1.29, 1.82) is 0 Å². The monoisotopic (exact) mass is 539 g/mol. The number of guanidine groups is 1. The molecule has 3 rings (SSSR count). The van der Waals surface area contributed by atoms with E-state index in [1.54, 1.807) is 13.3 Å². The first-order valence-electron chi connectivity index (χ1n) is 10.8. The Bertz CT molecular complexity index is 819. The molecule has 0 aliphatic carbocycles. The number of hydrogen-bond donors (Lipinski definition) is 3. The predicted molar refractivity (Wildman–Crippen MR) is 135 cm³/mol. The summed E-state index contributed by atoms with van der Waals surface area (Å²) in [5.41, 5.74) is 1.71. The van der Waals surface area contributed by atoms with E-state index < -0.39 is 0 Å². The summed E-state index contributed by atoms with van der Waals surface area (Å²) in [5.74, 6) is 1.67. The molecule has 2 aromatic rings. The normalized spacial score (nSPS) is 15.2. The molecule has 0 spiro atoms. The highest BCUT2D eigenvalue weighted by molar-refractivity contribution is 14.0. The van der Waals surface area contributed by atoms with Crippen molar-refractivity contribution in [3.05, 3.63) is 59.5 Å². The van der Waals surface area contributed by atoms with Gasteiger partial charge in [-0.05, 0) is 62.2 Å². The molecule has 1 atom stereocenters. The van der Waals surface area contributed by atoms with E-state index >= 15 is 0 Å². The molecule has 0 saturated carbocycles. The number of furan rings is 1. The Morgan fingerprint density at radius 1 is 1.16 bits per heavy atom. The molecular weight excluding hydrogens is 505 g/mol. The molecule has 1 aliphatic heterocycles.